The van der Waals surface area contributed by atoms with Gasteiger partial charge in [-0.3, -0.25) is 0 Å². The van der Waals surface area contributed by atoms with E-state index in [4.69, 9.17) is 10.3 Å². The molecule has 0 spiro atoms. The first-order valence-electron chi connectivity index (χ1n) is 5.43. The van der Waals surface area contributed by atoms with Gasteiger partial charge in [0.05, 0.1) is 12.5 Å². The van der Waals surface area contributed by atoms with Crippen LogP contribution in [-0.2, 0) is 6.42 Å². The Balaban J connectivity index is 2.27. The smallest absolute Gasteiger partial charge is 0.229 e. The maximum absolute atomic E-state index is 9.22. The van der Waals surface area contributed by atoms with Crippen molar-refractivity contribution in [2.45, 2.75) is 26.4 Å². The quantitative estimate of drug-likeness (QED) is 0.785. The number of aromatic nitrogens is 2. The van der Waals surface area contributed by atoms with E-state index in [1.165, 1.54) is 0 Å². The maximum atomic E-state index is 9.22. The van der Waals surface area contributed by atoms with Crippen molar-refractivity contribution in [3.05, 3.63) is 29.7 Å². The molecule has 0 saturated carbocycles. The monoisotopic (exact) mass is 233 g/mol. The van der Waals surface area contributed by atoms with Gasteiger partial charge in [-0.1, -0.05) is 17.3 Å². The molecular weight excluding hydrogens is 218 g/mol. The van der Waals surface area contributed by atoms with Gasteiger partial charge < -0.3 is 15.4 Å². The summed E-state index contributed by atoms with van der Waals surface area (Å²) in [6.45, 7) is 3.61. The summed E-state index contributed by atoms with van der Waals surface area (Å²) in [6, 6.07) is 5.62. The second-order valence-electron chi connectivity index (χ2n) is 4.14. The second kappa shape index (κ2) is 4.55. The minimum Gasteiger partial charge on any atom is -0.398 e. The van der Waals surface area contributed by atoms with Crippen LogP contribution in [0.3, 0.4) is 0 Å². The van der Waals surface area contributed by atoms with Crippen LogP contribution in [0.25, 0.3) is 11.4 Å². The highest BCUT2D eigenvalue weighted by molar-refractivity contribution is 5.63. The Kier molecular flexibility index (Phi) is 3.10. The lowest BCUT2D eigenvalue weighted by atomic mass is 10.1. The molecule has 0 bridgehead atoms. The number of aliphatic hydroxyl groups is 1. The molecule has 1 aromatic heterocycles. The van der Waals surface area contributed by atoms with Crippen molar-refractivity contribution < 1.29 is 9.63 Å². The summed E-state index contributed by atoms with van der Waals surface area (Å²) in [4.78, 5) is 4.20. The summed E-state index contributed by atoms with van der Waals surface area (Å²) in [7, 11) is 0. The zero-order valence-corrected chi connectivity index (χ0v) is 9.84. The molecule has 0 unspecified atom stereocenters. The average molecular weight is 233 g/mol. The van der Waals surface area contributed by atoms with E-state index in [1.807, 2.05) is 25.1 Å². The van der Waals surface area contributed by atoms with Crippen molar-refractivity contribution in [3.8, 4) is 11.4 Å². The number of benzene rings is 1. The van der Waals surface area contributed by atoms with E-state index in [-0.39, 0.29) is 0 Å². The van der Waals surface area contributed by atoms with Crippen LogP contribution in [-0.4, -0.2) is 21.4 Å². The number of nitrogens with zero attached hydrogens (tertiary/aromatic N) is 2. The Bertz CT molecular complexity index is 520. The largest absolute Gasteiger partial charge is 0.398 e. The molecule has 0 fully saturated rings. The Labute approximate surface area is 99.3 Å². The number of nitrogen functional groups attached to an aromatic ring is 1. The van der Waals surface area contributed by atoms with Crippen LogP contribution in [0.2, 0.25) is 0 Å². The lowest BCUT2D eigenvalue weighted by Crippen LogP contribution is -2.04. The molecule has 1 atom stereocenters. The summed E-state index contributed by atoms with van der Waals surface area (Å²) >= 11 is 0. The molecule has 2 rings (SSSR count). The molecule has 0 aliphatic carbocycles. The Morgan fingerprint density at radius 2 is 2.24 bits per heavy atom. The molecule has 0 saturated heterocycles. The number of rotatable bonds is 3. The van der Waals surface area contributed by atoms with E-state index in [2.05, 4.69) is 10.1 Å². The third-order valence-corrected chi connectivity index (χ3v) is 2.48. The molecule has 90 valence electrons. The van der Waals surface area contributed by atoms with Gasteiger partial charge >= 0.3 is 0 Å². The number of anilines is 1. The fourth-order valence-corrected chi connectivity index (χ4v) is 1.49. The number of hydrogen-bond donors (Lipinski definition) is 2. The van der Waals surface area contributed by atoms with Crippen LogP contribution in [0.5, 0.6) is 0 Å². The molecule has 0 radical (unpaired) electrons. The summed E-state index contributed by atoms with van der Waals surface area (Å²) in [5.74, 6) is 0.918. The average Bonchev–Trinajstić information content (AvgIpc) is 2.69. The predicted molar refractivity (Wildman–Crippen MR) is 64.3 cm³/mol. The van der Waals surface area contributed by atoms with Crippen LogP contribution in [0, 0.1) is 6.92 Å². The van der Waals surface area contributed by atoms with E-state index in [0.717, 1.165) is 11.1 Å². The van der Waals surface area contributed by atoms with Gasteiger partial charge in [0.25, 0.3) is 0 Å². The normalized spacial score (nSPS) is 12.6. The highest BCUT2D eigenvalue weighted by Crippen LogP contribution is 2.21. The highest BCUT2D eigenvalue weighted by atomic mass is 16.5. The van der Waals surface area contributed by atoms with Gasteiger partial charge in [0.15, 0.2) is 0 Å². The topological polar surface area (TPSA) is 85.2 Å². The van der Waals surface area contributed by atoms with Crippen molar-refractivity contribution in [3.63, 3.8) is 0 Å². The lowest BCUT2D eigenvalue weighted by molar-refractivity contribution is 0.181. The molecule has 5 heteroatoms. The Morgan fingerprint density at radius 3 is 2.88 bits per heavy atom. The van der Waals surface area contributed by atoms with Crippen LogP contribution in [0.4, 0.5) is 5.69 Å². The number of nitrogens with two attached hydrogens (primary N) is 1. The molecule has 0 amide bonds. The van der Waals surface area contributed by atoms with Crippen molar-refractivity contribution in [2.24, 2.45) is 0 Å². The van der Waals surface area contributed by atoms with E-state index < -0.39 is 6.10 Å². The summed E-state index contributed by atoms with van der Waals surface area (Å²) in [5.41, 5.74) is 8.35. The van der Waals surface area contributed by atoms with Crippen LogP contribution in [0.1, 0.15) is 18.4 Å². The fourth-order valence-electron chi connectivity index (χ4n) is 1.49. The van der Waals surface area contributed by atoms with Gasteiger partial charge in [-0.15, -0.1) is 0 Å². The zero-order chi connectivity index (χ0) is 12.4. The van der Waals surface area contributed by atoms with Gasteiger partial charge in [0.1, 0.15) is 0 Å². The first kappa shape index (κ1) is 11.6. The van der Waals surface area contributed by atoms with Gasteiger partial charge in [0.2, 0.25) is 11.7 Å². The molecule has 5 nitrogen and oxygen atoms in total. The third kappa shape index (κ3) is 2.62. The Hall–Kier alpha value is -1.88. The first-order valence-corrected chi connectivity index (χ1v) is 5.43. The minimum absolute atomic E-state index is 0.355. The van der Waals surface area contributed by atoms with Crippen molar-refractivity contribution in [1.29, 1.82) is 0 Å². The van der Waals surface area contributed by atoms with Crippen LogP contribution < -0.4 is 5.73 Å². The van der Waals surface area contributed by atoms with Crippen LogP contribution >= 0.6 is 0 Å². The zero-order valence-electron chi connectivity index (χ0n) is 9.84. The molecule has 17 heavy (non-hydrogen) atoms. The second-order valence-corrected chi connectivity index (χ2v) is 4.14. The van der Waals surface area contributed by atoms with Crippen molar-refractivity contribution in [2.75, 3.05) is 5.73 Å². The molecule has 3 N–H and O–H groups in total. The van der Waals surface area contributed by atoms with Gasteiger partial charge in [-0.2, -0.15) is 4.98 Å². The Morgan fingerprint density at radius 1 is 1.47 bits per heavy atom. The maximum Gasteiger partial charge on any atom is 0.229 e. The molecular formula is C12H15N3O2. The summed E-state index contributed by atoms with van der Waals surface area (Å²) < 4.78 is 5.04. The van der Waals surface area contributed by atoms with Crippen molar-refractivity contribution in [1.82, 2.24) is 10.1 Å². The molecule has 0 aliphatic rings. The van der Waals surface area contributed by atoms with E-state index in [9.17, 15) is 5.11 Å². The predicted octanol–water partition coefficient (Wildman–Crippen LogP) is 1.55. The van der Waals surface area contributed by atoms with E-state index in [1.54, 1.807) is 6.92 Å². The number of hydrogen-bond acceptors (Lipinski definition) is 5. The molecule has 0 aliphatic heterocycles. The number of aryl methyl sites for hydroxylation is 1. The first-order chi connectivity index (χ1) is 8.06. The molecule has 2 aromatic rings. The summed E-state index contributed by atoms with van der Waals surface area (Å²) in [5, 5.41) is 13.1. The van der Waals surface area contributed by atoms with Gasteiger partial charge in [-0.05, 0) is 25.5 Å². The highest BCUT2D eigenvalue weighted by Gasteiger charge is 2.11. The fraction of sp³-hybridized carbons (Fsp3) is 0.333. The lowest BCUT2D eigenvalue weighted by Gasteiger charge is -2.00. The standard InChI is InChI=1S/C12H15N3O2/c1-7-3-4-9(6-10(7)13)12-14-11(17-15-12)5-8(2)16/h3-4,6,8,16H,5,13H2,1-2H3/t8-/m1/s1. The van der Waals surface area contributed by atoms with E-state index >= 15 is 0 Å². The third-order valence-electron chi connectivity index (χ3n) is 2.48. The molecule has 1 heterocycles. The van der Waals surface area contributed by atoms with Gasteiger partial charge in [0, 0.05) is 11.3 Å². The van der Waals surface area contributed by atoms with Crippen LogP contribution in [0.15, 0.2) is 22.7 Å². The number of aliphatic hydroxyl groups excluding tert-OH is 1. The molecule has 1 aromatic carbocycles. The van der Waals surface area contributed by atoms with Crippen molar-refractivity contribution >= 4 is 5.69 Å². The van der Waals surface area contributed by atoms with Gasteiger partial charge in [-0.25, -0.2) is 0 Å². The van der Waals surface area contributed by atoms with E-state index in [0.29, 0.717) is 23.8 Å². The SMILES string of the molecule is Cc1ccc(-c2noc(C[C@@H](C)O)n2)cc1N. The minimum atomic E-state index is -0.494. The summed E-state index contributed by atoms with van der Waals surface area (Å²) in [6.07, 6.45) is -0.139.